The second-order valence-corrected chi connectivity index (χ2v) is 6.43. The number of amides is 2. The average molecular weight is 340 g/mol. The lowest BCUT2D eigenvalue weighted by Crippen LogP contribution is -2.24. The highest BCUT2D eigenvalue weighted by Gasteiger charge is 2.15. The smallest absolute Gasteiger partial charge is 0.255 e. The molecular weight excluding hydrogens is 316 g/mol. The molecule has 0 spiro atoms. The van der Waals surface area contributed by atoms with Gasteiger partial charge in [-0.25, -0.2) is 0 Å². The summed E-state index contributed by atoms with van der Waals surface area (Å²) in [6.45, 7) is 4.72. The molecule has 1 N–H and O–H groups in total. The van der Waals surface area contributed by atoms with E-state index in [9.17, 15) is 9.59 Å². The number of carbonyl (C=O) groups is 2. The van der Waals surface area contributed by atoms with E-state index >= 15 is 0 Å². The number of hydrogen-bond donors (Lipinski definition) is 1. The van der Waals surface area contributed by atoms with Gasteiger partial charge in [-0.2, -0.15) is 0 Å². The molecule has 5 heteroatoms. The standard InChI is InChI=1S/C20H24N2O3/c1-14(2)13-25-16-9-7-8-15(12-16)19(23)21-18-11-6-5-10-17(18)20(24)22(3)4/h5-12,14H,13H2,1-4H3,(H,21,23). The van der Waals surface area contributed by atoms with Crippen LogP contribution in [0.15, 0.2) is 48.5 Å². The van der Waals surface area contributed by atoms with Gasteiger partial charge in [0.15, 0.2) is 0 Å². The number of hydrogen-bond acceptors (Lipinski definition) is 3. The molecule has 2 aromatic carbocycles. The molecule has 0 aliphatic carbocycles. The highest BCUT2D eigenvalue weighted by molar-refractivity contribution is 6.09. The fourth-order valence-corrected chi connectivity index (χ4v) is 2.20. The van der Waals surface area contributed by atoms with E-state index < -0.39 is 0 Å². The number of anilines is 1. The molecule has 132 valence electrons. The lowest BCUT2D eigenvalue weighted by molar-refractivity contribution is 0.0828. The largest absolute Gasteiger partial charge is 0.493 e. The van der Waals surface area contributed by atoms with Gasteiger partial charge in [-0.1, -0.05) is 32.0 Å². The van der Waals surface area contributed by atoms with Gasteiger partial charge in [0.2, 0.25) is 0 Å². The van der Waals surface area contributed by atoms with Gasteiger partial charge in [-0.05, 0) is 36.2 Å². The maximum atomic E-state index is 12.6. The van der Waals surface area contributed by atoms with Gasteiger partial charge in [0.25, 0.3) is 11.8 Å². The summed E-state index contributed by atoms with van der Waals surface area (Å²) in [6.07, 6.45) is 0. The maximum Gasteiger partial charge on any atom is 0.255 e. The van der Waals surface area contributed by atoms with Crippen LogP contribution >= 0.6 is 0 Å². The summed E-state index contributed by atoms with van der Waals surface area (Å²) in [6, 6.07) is 14.0. The van der Waals surface area contributed by atoms with Crippen molar-refractivity contribution in [1.82, 2.24) is 4.90 Å². The van der Waals surface area contributed by atoms with Gasteiger partial charge in [0.1, 0.15) is 5.75 Å². The first-order valence-corrected chi connectivity index (χ1v) is 8.23. The molecule has 2 amide bonds. The fraction of sp³-hybridized carbons (Fsp3) is 0.300. The van der Waals surface area contributed by atoms with Crippen LogP contribution in [0, 0.1) is 5.92 Å². The van der Waals surface area contributed by atoms with Crippen molar-refractivity contribution in [2.24, 2.45) is 5.92 Å². The van der Waals surface area contributed by atoms with E-state index in [1.54, 1.807) is 56.6 Å². The predicted octanol–water partition coefficient (Wildman–Crippen LogP) is 3.68. The van der Waals surface area contributed by atoms with Crippen LogP contribution in [0.5, 0.6) is 5.75 Å². The summed E-state index contributed by atoms with van der Waals surface area (Å²) < 4.78 is 5.66. The molecule has 0 unspecified atom stereocenters. The van der Waals surface area contributed by atoms with E-state index in [1.165, 1.54) is 4.90 Å². The Hall–Kier alpha value is -2.82. The monoisotopic (exact) mass is 340 g/mol. The molecule has 0 radical (unpaired) electrons. The zero-order chi connectivity index (χ0) is 18.4. The number of ether oxygens (including phenoxy) is 1. The Morgan fingerprint density at radius 1 is 1.08 bits per heavy atom. The Bertz CT molecular complexity index is 754. The lowest BCUT2D eigenvalue weighted by Gasteiger charge is -2.15. The second-order valence-electron chi connectivity index (χ2n) is 6.43. The molecule has 0 aliphatic heterocycles. The van der Waals surface area contributed by atoms with E-state index in [1.807, 2.05) is 6.07 Å². The number of nitrogens with one attached hydrogen (secondary N) is 1. The summed E-state index contributed by atoms with van der Waals surface area (Å²) in [5.41, 5.74) is 1.42. The van der Waals surface area contributed by atoms with Gasteiger partial charge in [0, 0.05) is 19.7 Å². The Labute approximate surface area is 148 Å². The number of para-hydroxylation sites is 1. The van der Waals surface area contributed by atoms with E-state index in [-0.39, 0.29) is 11.8 Å². The molecule has 0 saturated carbocycles. The van der Waals surface area contributed by atoms with Gasteiger partial charge < -0.3 is 15.0 Å². The number of carbonyl (C=O) groups excluding carboxylic acids is 2. The molecule has 0 heterocycles. The van der Waals surface area contributed by atoms with E-state index in [0.29, 0.717) is 35.1 Å². The normalized spacial score (nSPS) is 10.4. The van der Waals surface area contributed by atoms with Crippen molar-refractivity contribution in [2.75, 3.05) is 26.0 Å². The van der Waals surface area contributed by atoms with Gasteiger partial charge >= 0.3 is 0 Å². The zero-order valence-corrected chi connectivity index (χ0v) is 15.1. The zero-order valence-electron chi connectivity index (χ0n) is 15.1. The molecule has 0 aliphatic rings. The van der Waals surface area contributed by atoms with Crippen LogP contribution in [0.4, 0.5) is 5.69 Å². The van der Waals surface area contributed by atoms with Crippen molar-refractivity contribution in [3.8, 4) is 5.75 Å². The quantitative estimate of drug-likeness (QED) is 0.873. The van der Waals surface area contributed by atoms with E-state index in [4.69, 9.17) is 4.74 Å². The van der Waals surface area contributed by atoms with Crippen molar-refractivity contribution >= 4 is 17.5 Å². The van der Waals surface area contributed by atoms with Crippen LogP contribution in [-0.2, 0) is 0 Å². The highest BCUT2D eigenvalue weighted by atomic mass is 16.5. The third-order valence-corrected chi connectivity index (χ3v) is 3.49. The van der Waals surface area contributed by atoms with Crippen LogP contribution < -0.4 is 10.1 Å². The molecule has 2 aromatic rings. The molecule has 0 saturated heterocycles. The third-order valence-electron chi connectivity index (χ3n) is 3.49. The van der Waals surface area contributed by atoms with Crippen molar-refractivity contribution in [2.45, 2.75) is 13.8 Å². The minimum absolute atomic E-state index is 0.162. The first-order chi connectivity index (χ1) is 11.9. The lowest BCUT2D eigenvalue weighted by atomic mass is 10.1. The maximum absolute atomic E-state index is 12.6. The van der Waals surface area contributed by atoms with E-state index in [0.717, 1.165) is 0 Å². The van der Waals surface area contributed by atoms with Crippen molar-refractivity contribution in [3.63, 3.8) is 0 Å². The predicted molar refractivity (Wildman–Crippen MR) is 99.2 cm³/mol. The third kappa shape index (κ3) is 5.08. The Morgan fingerprint density at radius 2 is 1.80 bits per heavy atom. The first-order valence-electron chi connectivity index (χ1n) is 8.23. The van der Waals surface area contributed by atoms with Crippen LogP contribution in [0.1, 0.15) is 34.6 Å². The van der Waals surface area contributed by atoms with Gasteiger partial charge in [-0.3, -0.25) is 9.59 Å². The molecule has 5 nitrogen and oxygen atoms in total. The van der Waals surface area contributed by atoms with Crippen LogP contribution in [0.3, 0.4) is 0 Å². The average Bonchev–Trinajstić information content (AvgIpc) is 2.60. The first kappa shape index (κ1) is 18.5. The SMILES string of the molecule is CC(C)COc1cccc(C(=O)Nc2ccccc2C(=O)N(C)C)c1. The molecule has 2 rings (SSSR count). The molecular formula is C20H24N2O3. The number of nitrogens with zero attached hydrogens (tertiary/aromatic N) is 1. The van der Waals surface area contributed by atoms with Crippen LogP contribution in [0.25, 0.3) is 0 Å². The van der Waals surface area contributed by atoms with Crippen molar-refractivity contribution in [1.29, 1.82) is 0 Å². The second kappa shape index (κ2) is 8.33. The number of rotatable bonds is 6. The highest BCUT2D eigenvalue weighted by Crippen LogP contribution is 2.19. The molecule has 0 atom stereocenters. The summed E-state index contributed by atoms with van der Waals surface area (Å²) in [7, 11) is 3.35. The van der Waals surface area contributed by atoms with Crippen molar-refractivity contribution in [3.05, 3.63) is 59.7 Å². The Kier molecular flexibility index (Phi) is 6.17. The topological polar surface area (TPSA) is 58.6 Å². The minimum atomic E-state index is -0.283. The summed E-state index contributed by atoms with van der Waals surface area (Å²) >= 11 is 0. The van der Waals surface area contributed by atoms with Gasteiger partial charge in [0.05, 0.1) is 17.9 Å². The Morgan fingerprint density at radius 3 is 2.48 bits per heavy atom. The summed E-state index contributed by atoms with van der Waals surface area (Å²) in [5.74, 6) is 0.610. The summed E-state index contributed by atoms with van der Waals surface area (Å²) in [4.78, 5) is 26.3. The van der Waals surface area contributed by atoms with Crippen molar-refractivity contribution < 1.29 is 14.3 Å². The van der Waals surface area contributed by atoms with Crippen LogP contribution in [-0.4, -0.2) is 37.4 Å². The van der Waals surface area contributed by atoms with Gasteiger partial charge in [-0.15, -0.1) is 0 Å². The molecule has 0 fully saturated rings. The van der Waals surface area contributed by atoms with Crippen LogP contribution in [0.2, 0.25) is 0 Å². The minimum Gasteiger partial charge on any atom is -0.493 e. The molecule has 0 aromatic heterocycles. The van der Waals surface area contributed by atoms with E-state index in [2.05, 4.69) is 19.2 Å². The number of benzene rings is 2. The Balaban J connectivity index is 2.18. The molecule has 0 bridgehead atoms. The summed E-state index contributed by atoms with van der Waals surface area (Å²) in [5, 5.41) is 2.81. The molecule has 25 heavy (non-hydrogen) atoms. The fourth-order valence-electron chi connectivity index (χ4n) is 2.20.